The van der Waals surface area contributed by atoms with Gasteiger partial charge in [0, 0.05) is 0 Å². The van der Waals surface area contributed by atoms with Crippen LogP contribution >= 0.6 is 11.6 Å². The summed E-state index contributed by atoms with van der Waals surface area (Å²) in [6.45, 7) is 2.12. The first-order valence-corrected chi connectivity index (χ1v) is 6.30. The van der Waals surface area contributed by atoms with Crippen LogP contribution < -0.4 is 0 Å². The second kappa shape index (κ2) is 4.46. The van der Waals surface area contributed by atoms with Crippen molar-refractivity contribution in [3.8, 4) is 11.5 Å². The molecular formula is C15H12ClNO. The minimum atomic E-state index is 0.573. The van der Waals surface area contributed by atoms with Crippen LogP contribution in [0.15, 0.2) is 46.9 Å². The van der Waals surface area contributed by atoms with Crippen molar-refractivity contribution >= 4 is 22.7 Å². The molecule has 0 saturated heterocycles. The van der Waals surface area contributed by atoms with Gasteiger partial charge in [0.05, 0.1) is 10.6 Å². The van der Waals surface area contributed by atoms with E-state index in [2.05, 4.69) is 24.0 Å². The zero-order chi connectivity index (χ0) is 12.5. The second-order valence-electron chi connectivity index (χ2n) is 4.15. The third-order valence-electron chi connectivity index (χ3n) is 2.96. The third kappa shape index (κ3) is 1.89. The number of benzene rings is 2. The van der Waals surface area contributed by atoms with E-state index in [1.54, 1.807) is 0 Å². The van der Waals surface area contributed by atoms with Crippen molar-refractivity contribution in [3.05, 3.63) is 53.1 Å². The maximum atomic E-state index is 6.14. The fraction of sp³-hybridized carbons (Fsp3) is 0.133. The van der Waals surface area contributed by atoms with E-state index in [0.29, 0.717) is 10.9 Å². The molecule has 0 amide bonds. The number of hydrogen-bond acceptors (Lipinski definition) is 2. The van der Waals surface area contributed by atoms with Crippen LogP contribution in [0.5, 0.6) is 0 Å². The average molecular weight is 258 g/mol. The first-order chi connectivity index (χ1) is 8.78. The van der Waals surface area contributed by atoms with Crippen LogP contribution in [0.1, 0.15) is 12.5 Å². The molecule has 0 radical (unpaired) electrons. The third-order valence-corrected chi connectivity index (χ3v) is 3.29. The van der Waals surface area contributed by atoms with Gasteiger partial charge < -0.3 is 4.42 Å². The number of aryl methyl sites for hydroxylation is 1. The van der Waals surface area contributed by atoms with Crippen LogP contribution in [0.25, 0.3) is 22.6 Å². The van der Waals surface area contributed by atoms with Crippen molar-refractivity contribution in [3.63, 3.8) is 0 Å². The predicted octanol–water partition coefficient (Wildman–Crippen LogP) is 4.71. The lowest BCUT2D eigenvalue weighted by molar-refractivity contribution is 0.620. The largest absolute Gasteiger partial charge is 0.436 e. The molecule has 3 rings (SSSR count). The Morgan fingerprint density at radius 2 is 2.00 bits per heavy atom. The first kappa shape index (κ1) is 11.3. The summed E-state index contributed by atoms with van der Waals surface area (Å²) in [4.78, 5) is 4.50. The van der Waals surface area contributed by atoms with Gasteiger partial charge in [0.15, 0.2) is 5.58 Å². The Morgan fingerprint density at radius 1 is 1.17 bits per heavy atom. The van der Waals surface area contributed by atoms with E-state index in [1.165, 1.54) is 5.56 Å². The smallest absolute Gasteiger partial charge is 0.228 e. The van der Waals surface area contributed by atoms with Gasteiger partial charge in [0.2, 0.25) is 5.89 Å². The zero-order valence-electron chi connectivity index (χ0n) is 9.98. The Balaban J connectivity index is 2.17. The fourth-order valence-corrected chi connectivity index (χ4v) is 2.16. The lowest BCUT2D eigenvalue weighted by Crippen LogP contribution is -1.79. The molecule has 0 spiro atoms. The molecule has 18 heavy (non-hydrogen) atoms. The SMILES string of the molecule is CCc1ccc2oc(-c3ccccc3Cl)nc2c1. The van der Waals surface area contributed by atoms with Gasteiger partial charge in [-0.15, -0.1) is 0 Å². The molecule has 2 aromatic carbocycles. The standard InChI is InChI=1S/C15H12ClNO/c1-2-10-7-8-14-13(9-10)17-15(18-14)11-5-3-4-6-12(11)16/h3-9H,2H2,1H3. The molecule has 0 aliphatic rings. The topological polar surface area (TPSA) is 26.0 Å². The highest BCUT2D eigenvalue weighted by molar-refractivity contribution is 6.33. The molecule has 1 heterocycles. The molecule has 3 heteroatoms. The van der Waals surface area contributed by atoms with Crippen molar-refractivity contribution in [2.75, 3.05) is 0 Å². The number of rotatable bonds is 2. The number of oxazole rings is 1. The maximum absolute atomic E-state index is 6.14. The van der Waals surface area contributed by atoms with Crippen molar-refractivity contribution in [1.29, 1.82) is 0 Å². The van der Waals surface area contributed by atoms with E-state index in [1.807, 2.05) is 30.3 Å². The molecule has 2 nitrogen and oxygen atoms in total. The van der Waals surface area contributed by atoms with Crippen LogP contribution in [0.3, 0.4) is 0 Å². The van der Waals surface area contributed by atoms with E-state index in [0.717, 1.165) is 23.1 Å². The van der Waals surface area contributed by atoms with Gasteiger partial charge in [-0.2, -0.15) is 0 Å². The molecule has 0 atom stereocenters. The predicted molar refractivity (Wildman–Crippen MR) is 73.8 cm³/mol. The van der Waals surface area contributed by atoms with Crippen molar-refractivity contribution < 1.29 is 4.42 Å². The quantitative estimate of drug-likeness (QED) is 0.664. The highest BCUT2D eigenvalue weighted by atomic mass is 35.5. The molecule has 0 aliphatic carbocycles. The van der Waals surface area contributed by atoms with Gasteiger partial charge >= 0.3 is 0 Å². The van der Waals surface area contributed by atoms with Crippen LogP contribution in [-0.2, 0) is 6.42 Å². The van der Waals surface area contributed by atoms with Gasteiger partial charge in [0.25, 0.3) is 0 Å². The number of halogens is 1. The first-order valence-electron chi connectivity index (χ1n) is 5.92. The molecule has 1 aromatic heterocycles. The Labute approximate surface area is 110 Å². The van der Waals surface area contributed by atoms with Gasteiger partial charge in [-0.1, -0.05) is 36.7 Å². The Morgan fingerprint density at radius 3 is 2.78 bits per heavy atom. The summed E-state index contributed by atoms with van der Waals surface area (Å²) in [6, 6.07) is 13.6. The molecular weight excluding hydrogens is 246 g/mol. The summed E-state index contributed by atoms with van der Waals surface area (Å²) < 4.78 is 5.74. The van der Waals surface area contributed by atoms with E-state index in [4.69, 9.17) is 16.0 Å². The summed E-state index contributed by atoms with van der Waals surface area (Å²) in [7, 11) is 0. The van der Waals surface area contributed by atoms with E-state index in [-0.39, 0.29) is 0 Å². The van der Waals surface area contributed by atoms with E-state index in [9.17, 15) is 0 Å². The molecule has 0 aliphatic heterocycles. The monoisotopic (exact) mass is 257 g/mol. The highest BCUT2D eigenvalue weighted by Crippen LogP contribution is 2.29. The summed E-state index contributed by atoms with van der Waals surface area (Å²) in [5.74, 6) is 0.573. The number of aromatic nitrogens is 1. The number of fused-ring (bicyclic) bond motifs is 1. The normalized spacial score (nSPS) is 11.0. The minimum Gasteiger partial charge on any atom is -0.436 e. The van der Waals surface area contributed by atoms with Gasteiger partial charge in [-0.25, -0.2) is 4.98 Å². The van der Waals surface area contributed by atoms with Gasteiger partial charge in [0.1, 0.15) is 5.52 Å². The van der Waals surface area contributed by atoms with Crippen molar-refractivity contribution in [2.24, 2.45) is 0 Å². The Bertz CT molecular complexity index is 703. The summed E-state index contributed by atoms with van der Waals surface area (Å²) in [5.41, 5.74) is 3.75. The molecule has 0 fully saturated rings. The van der Waals surface area contributed by atoms with E-state index < -0.39 is 0 Å². The maximum Gasteiger partial charge on any atom is 0.228 e. The van der Waals surface area contributed by atoms with Crippen molar-refractivity contribution in [2.45, 2.75) is 13.3 Å². The molecule has 0 unspecified atom stereocenters. The zero-order valence-corrected chi connectivity index (χ0v) is 10.7. The highest BCUT2D eigenvalue weighted by Gasteiger charge is 2.10. The number of hydrogen-bond donors (Lipinski definition) is 0. The fourth-order valence-electron chi connectivity index (χ4n) is 1.94. The Kier molecular flexibility index (Phi) is 2.80. The molecule has 3 aromatic rings. The van der Waals surface area contributed by atoms with Crippen LogP contribution in [-0.4, -0.2) is 4.98 Å². The molecule has 90 valence electrons. The minimum absolute atomic E-state index is 0.573. The van der Waals surface area contributed by atoms with Crippen LogP contribution in [0.4, 0.5) is 0 Å². The molecule has 0 N–H and O–H groups in total. The van der Waals surface area contributed by atoms with Crippen LogP contribution in [0, 0.1) is 0 Å². The molecule has 0 saturated carbocycles. The molecule has 0 bridgehead atoms. The Hall–Kier alpha value is -1.80. The summed E-state index contributed by atoms with van der Waals surface area (Å²) in [6.07, 6.45) is 0.990. The van der Waals surface area contributed by atoms with Crippen LogP contribution in [0.2, 0.25) is 5.02 Å². The van der Waals surface area contributed by atoms with Gasteiger partial charge in [-0.05, 0) is 36.2 Å². The van der Waals surface area contributed by atoms with Crippen molar-refractivity contribution in [1.82, 2.24) is 4.98 Å². The summed E-state index contributed by atoms with van der Waals surface area (Å²) >= 11 is 6.14. The van der Waals surface area contributed by atoms with E-state index >= 15 is 0 Å². The number of nitrogens with zero attached hydrogens (tertiary/aromatic N) is 1. The second-order valence-corrected chi connectivity index (χ2v) is 4.56. The van der Waals surface area contributed by atoms with Gasteiger partial charge in [-0.3, -0.25) is 0 Å². The lowest BCUT2D eigenvalue weighted by Gasteiger charge is -1.96. The summed E-state index contributed by atoms with van der Waals surface area (Å²) in [5, 5.41) is 0.653. The lowest BCUT2D eigenvalue weighted by atomic mass is 10.1. The average Bonchev–Trinajstić information content (AvgIpc) is 2.81.